The van der Waals surface area contributed by atoms with Crippen molar-refractivity contribution in [3.63, 3.8) is 0 Å². The van der Waals surface area contributed by atoms with Crippen molar-refractivity contribution in [3.8, 4) is 0 Å². The lowest BCUT2D eigenvalue weighted by molar-refractivity contribution is -0.113. The number of nitrogens with zero attached hydrogens (tertiary/aromatic N) is 2. The lowest BCUT2D eigenvalue weighted by Gasteiger charge is -2.15. The van der Waals surface area contributed by atoms with Crippen LogP contribution in [0.2, 0.25) is 0 Å². The first kappa shape index (κ1) is 16.9. The SMILES string of the molecule is CCCCc1ccc(N2C(=O)/C(=C/c3cccnc3)SC2=S)cc1. The van der Waals surface area contributed by atoms with Gasteiger partial charge in [-0.25, -0.2) is 0 Å². The summed E-state index contributed by atoms with van der Waals surface area (Å²) in [5.74, 6) is -0.0739. The number of benzene rings is 1. The molecule has 2 heterocycles. The van der Waals surface area contributed by atoms with Crippen molar-refractivity contribution in [1.29, 1.82) is 0 Å². The molecule has 5 heteroatoms. The summed E-state index contributed by atoms with van der Waals surface area (Å²) in [4.78, 5) is 19.0. The van der Waals surface area contributed by atoms with E-state index in [9.17, 15) is 4.79 Å². The maximum atomic E-state index is 12.7. The normalized spacial score (nSPS) is 16.2. The fourth-order valence-electron chi connectivity index (χ4n) is 2.50. The van der Waals surface area contributed by atoms with Crippen LogP contribution in [-0.4, -0.2) is 15.2 Å². The van der Waals surface area contributed by atoms with Gasteiger partial charge < -0.3 is 0 Å². The highest BCUT2D eigenvalue weighted by atomic mass is 32.2. The molecule has 1 fully saturated rings. The van der Waals surface area contributed by atoms with Gasteiger partial charge in [-0.1, -0.05) is 55.5 Å². The largest absolute Gasteiger partial charge is 0.270 e. The van der Waals surface area contributed by atoms with Crippen molar-refractivity contribution < 1.29 is 4.79 Å². The molecule has 1 aromatic carbocycles. The van der Waals surface area contributed by atoms with Crippen LogP contribution in [0, 0.1) is 0 Å². The Bertz CT molecular complexity index is 770. The highest BCUT2D eigenvalue weighted by molar-refractivity contribution is 8.27. The fraction of sp³-hybridized carbons (Fsp3) is 0.211. The number of anilines is 1. The molecule has 1 amide bonds. The number of unbranched alkanes of at least 4 members (excludes halogenated alkanes) is 1. The standard InChI is InChI=1S/C19H18N2OS2/c1-2-3-5-14-7-9-16(10-8-14)21-18(22)17(24-19(21)23)12-15-6-4-11-20-13-15/h4,6-13H,2-3,5H2,1H3/b17-12-. The molecule has 1 saturated heterocycles. The van der Waals surface area contributed by atoms with E-state index in [1.165, 1.54) is 30.2 Å². The summed E-state index contributed by atoms with van der Waals surface area (Å²) in [6.45, 7) is 2.18. The molecule has 3 nitrogen and oxygen atoms in total. The predicted molar refractivity (Wildman–Crippen MR) is 105 cm³/mol. The molecule has 0 N–H and O–H groups in total. The van der Waals surface area contributed by atoms with Gasteiger partial charge >= 0.3 is 0 Å². The zero-order chi connectivity index (χ0) is 16.9. The Morgan fingerprint density at radius 1 is 1.25 bits per heavy atom. The molecule has 2 aromatic rings. The van der Waals surface area contributed by atoms with E-state index in [4.69, 9.17) is 12.2 Å². The number of rotatable bonds is 5. The summed E-state index contributed by atoms with van der Waals surface area (Å²) in [6, 6.07) is 11.9. The average molecular weight is 355 g/mol. The summed E-state index contributed by atoms with van der Waals surface area (Å²) in [7, 11) is 0. The van der Waals surface area contributed by atoms with Gasteiger partial charge in [-0.05, 0) is 48.2 Å². The number of amides is 1. The third kappa shape index (κ3) is 3.74. The molecule has 24 heavy (non-hydrogen) atoms. The third-order valence-corrected chi connectivity index (χ3v) is 5.09. The van der Waals surface area contributed by atoms with E-state index in [0.717, 1.165) is 17.7 Å². The van der Waals surface area contributed by atoms with Crippen molar-refractivity contribution in [2.24, 2.45) is 0 Å². The fourth-order valence-corrected chi connectivity index (χ4v) is 3.79. The van der Waals surface area contributed by atoms with E-state index >= 15 is 0 Å². The Hall–Kier alpha value is -1.98. The lowest BCUT2D eigenvalue weighted by Crippen LogP contribution is -2.27. The molecule has 0 bridgehead atoms. The van der Waals surface area contributed by atoms with E-state index in [2.05, 4.69) is 24.0 Å². The van der Waals surface area contributed by atoms with E-state index < -0.39 is 0 Å². The number of hydrogen-bond donors (Lipinski definition) is 0. The van der Waals surface area contributed by atoms with Gasteiger partial charge in [-0.15, -0.1) is 0 Å². The molecular weight excluding hydrogens is 336 g/mol. The monoisotopic (exact) mass is 354 g/mol. The third-order valence-electron chi connectivity index (χ3n) is 3.79. The summed E-state index contributed by atoms with van der Waals surface area (Å²) in [5.41, 5.74) is 3.01. The zero-order valence-electron chi connectivity index (χ0n) is 13.4. The first-order chi connectivity index (χ1) is 11.7. The Balaban J connectivity index is 1.80. The summed E-state index contributed by atoms with van der Waals surface area (Å²) in [6.07, 6.45) is 8.69. The molecule has 122 valence electrons. The van der Waals surface area contributed by atoms with Gasteiger partial charge in [0.05, 0.1) is 10.6 Å². The zero-order valence-corrected chi connectivity index (χ0v) is 15.1. The molecule has 0 saturated carbocycles. The quantitative estimate of drug-likeness (QED) is 0.569. The number of thioether (sulfide) groups is 1. The Morgan fingerprint density at radius 3 is 2.71 bits per heavy atom. The average Bonchev–Trinajstić information content (AvgIpc) is 2.88. The number of thiocarbonyl (C=S) groups is 1. The van der Waals surface area contributed by atoms with Crippen LogP contribution < -0.4 is 4.90 Å². The first-order valence-corrected chi connectivity index (χ1v) is 9.18. The number of pyridine rings is 1. The highest BCUT2D eigenvalue weighted by Gasteiger charge is 2.33. The minimum absolute atomic E-state index is 0.0739. The molecule has 0 spiro atoms. The second kappa shape index (κ2) is 7.73. The number of hydrogen-bond acceptors (Lipinski definition) is 4. The summed E-state index contributed by atoms with van der Waals surface area (Å²) in [5, 5.41) is 0. The van der Waals surface area contributed by atoms with Crippen LogP contribution in [0.3, 0.4) is 0 Å². The van der Waals surface area contributed by atoms with Crippen molar-refractivity contribution in [2.75, 3.05) is 4.90 Å². The van der Waals surface area contributed by atoms with E-state index in [1.54, 1.807) is 17.3 Å². The number of carbonyl (C=O) groups excluding carboxylic acids is 1. The van der Waals surface area contributed by atoms with Gasteiger partial charge in [0.25, 0.3) is 5.91 Å². The Kier molecular flexibility index (Phi) is 5.43. The first-order valence-electron chi connectivity index (χ1n) is 7.96. The van der Waals surface area contributed by atoms with E-state index in [1.807, 2.05) is 30.3 Å². The van der Waals surface area contributed by atoms with Gasteiger partial charge in [0, 0.05) is 12.4 Å². The predicted octanol–water partition coefficient (Wildman–Crippen LogP) is 4.83. The van der Waals surface area contributed by atoms with Gasteiger partial charge in [-0.3, -0.25) is 14.7 Å². The van der Waals surface area contributed by atoms with Crippen LogP contribution in [0.1, 0.15) is 30.9 Å². The van der Waals surface area contributed by atoms with Crippen LogP contribution in [0.15, 0.2) is 53.7 Å². The molecule has 0 radical (unpaired) electrons. The molecule has 3 rings (SSSR count). The molecule has 1 aliphatic rings. The van der Waals surface area contributed by atoms with Crippen LogP contribution in [0.4, 0.5) is 5.69 Å². The van der Waals surface area contributed by atoms with Gasteiger partial charge in [0.15, 0.2) is 4.32 Å². The van der Waals surface area contributed by atoms with Crippen molar-refractivity contribution >= 4 is 46.0 Å². The Morgan fingerprint density at radius 2 is 2.04 bits per heavy atom. The summed E-state index contributed by atoms with van der Waals surface area (Å²) >= 11 is 6.74. The second-order valence-corrected chi connectivity index (χ2v) is 7.25. The number of aryl methyl sites for hydroxylation is 1. The van der Waals surface area contributed by atoms with E-state index in [0.29, 0.717) is 9.23 Å². The van der Waals surface area contributed by atoms with Crippen LogP contribution >= 0.6 is 24.0 Å². The van der Waals surface area contributed by atoms with Gasteiger partial charge in [0.1, 0.15) is 0 Å². The van der Waals surface area contributed by atoms with Crippen molar-refractivity contribution in [2.45, 2.75) is 26.2 Å². The maximum Gasteiger partial charge on any atom is 0.270 e. The molecule has 0 unspecified atom stereocenters. The lowest BCUT2D eigenvalue weighted by atomic mass is 10.1. The topological polar surface area (TPSA) is 33.2 Å². The molecule has 0 atom stereocenters. The summed E-state index contributed by atoms with van der Waals surface area (Å²) < 4.78 is 0.566. The minimum atomic E-state index is -0.0739. The molecule has 1 aliphatic heterocycles. The van der Waals surface area contributed by atoms with Crippen LogP contribution in [-0.2, 0) is 11.2 Å². The van der Waals surface area contributed by atoms with Crippen molar-refractivity contribution in [1.82, 2.24) is 4.98 Å². The van der Waals surface area contributed by atoms with E-state index in [-0.39, 0.29) is 5.91 Å². The van der Waals surface area contributed by atoms with Crippen LogP contribution in [0.5, 0.6) is 0 Å². The molecular formula is C19H18N2OS2. The number of carbonyl (C=O) groups is 1. The van der Waals surface area contributed by atoms with Crippen molar-refractivity contribution in [3.05, 3.63) is 64.8 Å². The smallest absolute Gasteiger partial charge is 0.268 e. The minimum Gasteiger partial charge on any atom is -0.268 e. The van der Waals surface area contributed by atoms with Gasteiger partial charge in [0.2, 0.25) is 0 Å². The number of aromatic nitrogens is 1. The maximum absolute atomic E-state index is 12.7. The Labute approximate surface area is 151 Å². The van der Waals surface area contributed by atoms with Crippen LogP contribution in [0.25, 0.3) is 6.08 Å². The molecule has 0 aliphatic carbocycles. The highest BCUT2D eigenvalue weighted by Crippen LogP contribution is 2.36. The molecule has 1 aromatic heterocycles. The van der Waals surface area contributed by atoms with Gasteiger partial charge in [-0.2, -0.15) is 0 Å². The second-order valence-electron chi connectivity index (χ2n) is 5.57.